The highest BCUT2D eigenvalue weighted by molar-refractivity contribution is 7.99. The first-order valence-corrected chi connectivity index (χ1v) is 13.4. The van der Waals surface area contributed by atoms with E-state index >= 15 is 0 Å². The van der Waals surface area contributed by atoms with Crippen molar-refractivity contribution in [3.05, 3.63) is 29.7 Å². The maximum absolute atomic E-state index is 12.7. The molecule has 2 aliphatic rings. The van der Waals surface area contributed by atoms with Crippen LogP contribution in [0.5, 0.6) is 0 Å². The highest BCUT2D eigenvalue weighted by atomic mass is 35.5. The molecule has 174 valence electrons. The fourth-order valence-corrected chi connectivity index (χ4v) is 6.53. The summed E-state index contributed by atoms with van der Waals surface area (Å²) in [5.41, 5.74) is 6.45. The van der Waals surface area contributed by atoms with Crippen LogP contribution < -0.4 is 15.4 Å². The average molecular weight is 495 g/mol. The molecule has 2 atom stereocenters. The molecule has 0 radical (unpaired) electrons. The summed E-state index contributed by atoms with van der Waals surface area (Å²) < 4.78 is 15.9. The summed E-state index contributed by atoms with van der Waals surface area (Å²) in [5, 5.41) is 1.20. The molecule has 1 aliphatic heterocycles. The molecule has 2 aromatic heterocycles. The monoisotopic (exact) mass is 494 g/mol. The van der Waals surface area contributed by atoms with Crippen LogP contribution in [0.2, 0.25) is 5.02 Å². The van der Waals surface area contributed by atoms with Crippen LogP contribution in [0.25, 0.3) is 0 Å². The van der Waals surface area contributed by atoms with Gasteiger partial charge in [-0.15, -0.1) is 0 Å². The first kappa shape index (κ1) is 23.7. The third-order valence-corrected chi connectivity index (χ3v) is 9.60. The lowest BCUT2D eigenvalue weighted by Crippen LogP contribution is -2.51. The van der Waals surface area contributed by atoms with Crippen LogP contribution in [0.3, 0.4) is 0 Å². The lowest BCUT2D eigenvalue weighted by atomic mass is 9.74. The largest absolute Gasteiger partial charge is 0.381 e. The highest BCUT2D eigenvalue weighted by Gasteiger charge is 2.46. The van der Waals surface area contributed by atoms with Crippen LogP contribution in [0.4, 0.5) is 11.6 Å². The summed E-state index contributed by atoms with van der Waals surface area (Å²) in [6.07, 6.45) is 10.7. The topological polar surface area (TPSA) is 97.0 Å². The van der Waals surface area contributed by atoms with Crippen molar-refractivity contribution in [3.8, 4) is 0 Å². The van der Waals surface area contributed by atoms with E-state index < -0.39 is 11.0 Å². The second-order valence-electron chi connectivity index (χ2n) is 9.62. The zero-order chi connectivity index (χ0) is 22.9. The molecule has 10 heteroatoms. The second-order valence-corrected chi connectivity index (χ2v) is 13.1. The molecule has 1 saturated heterocycles. The third-order valence-electron chi connectivity index (χ3n) is 6.49. The van der Waals surface area contributed by atoms with Crippen molar-refractivity contribution in [1.29, 1.82) is 0 Å². The Morgan fingerprint density at radius 3 is 2.69 bits per heavy atom. The third kappa shape index (κ3) is 5.05. The van der Waals surface area contributed by atoms with Gasteiger partial charge >= 0.3 is 0 Å². The Balaban J connectivity index is 1.41. The zero-order valence-electron chi connectivity index (χ0n) is 18.8. The Labute approximate surface area is 201 Å². The molecule has 2 aromatic rings. The number of nitrogens with zero attached hydrogens (tertiary/aromatic N) is 4. The van der Waals surface area contributed by atoms with Gasteiger partial charge in [0.05, 0.1) is 27.0 Å². The zero-order valence-corrected chi connectivity index (χ0v) is 21.2. The number of hydrogen-bond acceptors (Lipinski definition) is 7. The SMILES string of the molecule is CC(C)(C)S(=O)NC1CCCC12CCN(c1cnc(Sc3ccncc3Cl)c(N)n1)CC2. The second kappa shape index (κ2) is 9.44. The molecule has 3 heterocycles. The Hall–Kier alpha value is -1.42. The van der Waals surface area contributed by atoms with Gasteiger partial charge in [0.1, 0.15) is 10.8 Å². The van der Waals surface area contributed by atoms with Crippen molar-refractivity contribution in [3.63, 3.8) is 0 Å². The van der Waals surface area contributed by atoms with E-state index in [0.29, 0.717) is 21.9 Å². The Kier molecular flexibility index (Phi) is 7.00. The van der Waals surface area contributed by atoms with Crippen molar-refractivity contribution in [2.75, 3.05) is 23.7 Å². The summed E-state index contributed by atoms with van der Waals surface area (Å²) in [6, 6.07) is 2.15. The number of pyridine rings is 1. The summed E-state index contributed by atoms with van der Waals surface area (Å²) >= 11 is 7.60. The molecule has 7 nitrogen and oxygen atoms in total. The Bertz CT molecular complexity index is 991. The van der Waals surface area contributed by atoms with Gasteiger partial charge in [-0.05, 0) is 57.9 Å². The number of hydrogen-bond donors (Lipinski definition) is 2. The molecule has 2 unspecified atom stereocenters. The summed E-state index contributed by atoms with van der Waals surface area (Å²) in [7, 11) is -1.04. The maximum atomic E-state index is 12.7. The number of halogens is 1. The highest BCUT2D eigenvalue weighted by Crippen LogP contribution is 2.47. The fourth-order valence-electron chi connectivity index (χ4n) is 4.57. The molecule has 0 bridgehead atoms. The summed E-state index contributed by atoms with van der Waals surface area (Å²) in [4.78, 5) is 16.3. The van der Waals surface area contributed by atoms with Gasteiger partial charge in [-0.25, -0.2) is 18.9 Å². The van der Waals surface area contributed by atoms with E-state index in [0.717, 1.165) is 43.1 Å². The van der Waals surface area contributed by atoms with Gasteiger partial charge in [0.2, 0.25) is 0 Å². The van der Waals surface area contributed by atoms with Gasteiger partial charge in [0.15, 0.2) is 5.82 Å². The van der Waals surface area contributed by atoms with Crippen LogP contribution in [-0.2, 0) is 11.0 Å². The van der Waals surface area contributed by atoms with Gasteiger partial charge in [-0.3, -0.25) is 4.98 Å². The van der Waals surface area contributed by atoms with Crippen LogP contribution in [0, 0.1) is 5.41 Å². The van der Waals surface area contributed by atoms with E-state index in [9.17, 15) is 4.21 Å². The molecule has 0 amide bonds. The van der Waals surface area contributed by atoms with Gasteiger partial charge < -0.3 is 10.6 Å². The molecular formula is C22H31ClN6OS2. The standard InChI is InChI=1S/C22H31ClN6OS2/c1-21(2,3)32(30)28-17-5-4-7-22(17)8-11-29(12-9-22)18-14-26-20(19(24)27-18)31-16-6-10-25-13-15(16)23/h6,10,13-14,17,28H,4-5,7-9,11-12H2,1-3H3,(H2,24,27). The van der Waals surface area contributed by atoms with Gasteiger partial charge in [0, 0.05) is 36.4 Å². The predicted octanol–water partition coefficient (Wildman–Crippen LogP) is 4.45. The molecular weight excluding hydrogens is 464 g/mol. The van der Waals surface area contributed by atoms with Crippen molar-refractivity contribution in [2.45, 2.75) is 73.6 Å². The molecule has 0 aromatic carbocycles. The minimum absolute atomic E-state index is 0.213. The minimum Gasteiger partial charge on any atom is -0.381 e. The van der Waals surface area contributed by atoms with Gasteiger partial charge in [-0.1, -0.05) is 29.8 Å². The molecule has 32 heavy (non-hydrogen) atoms. The van der Waals surface area contributed by atoms with E-state index in [1.165, 1.54) is 24.6 Å². The quantitative estimate of drug-likeness (QED) is 0.633. The smallest absolute Gasteiger partial charge is 0.158 e. The molecule has 1 spiro atoms. The first-order valence-electron chi connectivity index (χ1n) is 11.0. The molecule has 4 rings (SSSR count). The van der Waals surface area contributed by atoms with E-state index in [-0.39, 0.29) is 10.2 Å². The predicted molar refractivity (Wildman–Crippen MR) is 132 cm³/mol. The number of nitrogens with one attached hydrogen (secondary N) is 1. The first-order chi connectivity index (χ1) is 15.2. The van der Waals surface area contributed by atoms with Crippen molar-refractivity contribution in [1.82, 2.24) is 19.7 Å². The molecule has 1 aliphatic carbocycles. The van der Waals surface area contributed by atoms with Crippen LogP contribution in [-0.4, -0.2) is 43.0 Å². The average Bonchev–Trinajstić information content (AvgIpc) is 3.12. The van der Waals surface area contributed by atoms with Crippen molar-refractivity contribution in [2.24, 2.45) is 5.41 Å². The van der Waals surface area contributed by atoms with Gasteiger partial charge in [0.25, 0.3) is 0 Å². The number of rotatable bonds is 5. The normalized spacial score (nSPS) is 21.8. The molecule has 3 N–H and O–H groups in total. The van der Waals surface area contributed by atoms with Crippen LogP contribution in [0.1, 0.15) is 52.9 Å². The molecule has 1 saturated carbocycles. The Morgan fingerprint density at radius 1 is 1.28 bits per heavy atom. The maximum Gasteiger partial charge on any atom is 0.158 e. The van der Waals surface area contributed by atoms with Gasteiger partial charge in [-0.2, -0.15) is 0 Å². The number of nitrogens with two attached hydrogens (primary N) is 1. The number of anilines is 2. The van der Waals surface area contributed by atoms with Crippen LogP contribution in [0.15, 0.2) is 34.6 Å². The van der Waals surface area contributed by atoms with E-state index in [4.69, 9.17) is 17.3 Å². The summed E-state index contributed by atoms with van der Waals surface area (Å²) in [5.74, 6) is 1.21. The van der Waals surface area contributed by atoms with E-state index in [2.05, 4.69) is 24.6 Å². The Morgan fingerprint density at radius 2 is 2.03 bits per heavy atom. The summed E-state index contributed by atoms with van der Waals surface area (Å²) in [6.45, 7) is 7.87. The van der Waals surface area contributed by atoms with Crippen LogP contribution >= 0.6 is 23.4 Å². The number of nitrogen functional groups attached to an aromatic ring is 1. The van der Waals surface area contributed by atoms with E-state index in [1.807, 2.05) is 26.8 Å². The molecule has 2 fully saturated rings. The van der Waals surface area contributed by atoms with Crippen molar-refractivity contribution >= 4 is 46.0 Å². The lowest BCUT2D eigenvalue weighted by molar-refractivity contribution is 0.188. The van der Waals surface area contributed by atoms with E-state index in [1.54, 1.807) is 18.6 Å². The lowest BCUT2D eigenvalue weighted by Gasteiger charge is -2.44. The fraction of sp³-hybridized carbons (Fsp3) is 0.591. The van der Waals surface area contributed by atoms with Crippen molar-refractivity contribution < 1.29 is 4.21 Å². The number of piperidine rings is 1. The number of aromatic nitrogens is 3. The minimum atomic E-state index is -1.04.